The molecule has 0 unspecified atom stereocenters. The van der Waals surface area contributed by atoms with E-state index in [4.69, 9.17) is 9.47 Å². The Morgan fingerprint density at radius 1 is 0.719 bits per heavy atom. The summed E-state index contributed by atoms with van der Waals surface area (Å²) < 4.78 is 29.5. The van der Waals surface area contributed by atoms with Crippen LogP contribution in [0.15, 0.2) is 105 Å². The number of hydrogen-bond donors (Lipinski definition) is 0. The fourth-order valence-corrected chi connectivity index (χ4v) is 2.77. The highest BCUT2D eigenvalue weighted by Gasteiger charge is 2.08. The van der Waals surface area contributed by atoms with Gasteiger partial charge in [-0.2, -0.15) is 0 Å². The zero-order valence-corrected chi connectivity index (χ0v) is 17.0. The van der Waals surface area contributed by atoms with E-state index in [1.807, 2.05) is 36.4 Å². The van der Waals surface area contributed by atoms with Gasteiger partial charge in [-0.1, -0.05) is 49.6 Å². The molecule has 0 aromatic heterocycles. The molecule has 0 spiro atoms. The van der Waals surface area contributed by atoms with Gasteiger partial charge >= 0.3 is 11.9 Å². The summed E-state index contributed by atoms with van der Waals surface area (Å²) >= 11 is 0. The minimum absolute atomic E-state index is 0.256. The van der Waals surface area contributed by atoms with Crippen molar-refractivity contribution in [3.05, 3.63) is 110 Å². The second-order valence-corrected chi connectivity index (χ2v) is 6.40. The SMILES string of the molecule is C=CC(=O)O/C=C\Oc1ccc(-c2ccc(-c3ccc(OC(=O)C=C)cc3)cc2)c(F)c1. The summed E-state index contributed by atoms with van der Waals surface area (Å²) in [6, 6.07) is 18.9. The normalized spacial score (nSPS) is 10.4. The zero-order chi connectivity index (χ0) is 22.9. The van der Waals surface area contributed by atoms with Gasteiger partial charge in [0, 0.05) is 23.8 Å². The minimum Gasteiger partial charge on any atom is -0.462 e. The van der Waals surface area contributed by atoms with E-state index in [2.05, 4.69) is 17.9 Å². The lowest BCUT2D eigenvalue weighted by Crippen LogP contribution is -2.02. The van der Waals surface area contributed by atoms with Crippen LogP contribution in [0.3, 0.4) is 0 Å². The van der Waals surface area contributed by atoms with Crippen molar-refractivity contribution in [1.82, 2.24) is 0 Å². The molecule has 0 saturated carbocycles. The van der Waals surface area contributed by atoms with E-state index in [0.29, 0.717) is 16.9 Å². The molecule has 0 fully saturated rings. The molecule has 3 rings (SSSR count). The molecule has 0 saturated heterocycles. The third-order valence-electron chi connectivity index (χ3n) is 4.32. The molecule has 0 N–H and O–H groups in total. The van der Waals surface area contributed by atoms with Gasteiger partial charge in [0.05, 0.1) is 0 Å². The summed E-state index contributed by atoms with van der Waals surface area (Å²) in [5.41, 5.74) is 2.96. The van der Waals surface area contributed by atoms with Crippen molar-refractivity contribution in [2.75, 3.05) is 0 Å². The molecule has 0 heterocycles. The Bertz CT molecular complexity index is 1160. The number of carbonyl (C=O) groups is 2. The molecule has 0 atom stereocenters. The summed E-state index contributed by atoms with van der Waals surface area (Å²) in [5.74, 6) is -0.922. The van der Waals surface area contributed by atoms with E-state index in [0.717, 1.165) is 35.8 Å². The van der Waals surface area contributed by atoms with E-state index in [9.17, 15) is 14.0 Å². The highest BCUT2D eigenvalue weighted by molar-refractivity contribution is 5.83. The topological polar surface area (TPSA) is 61.8 Å². The van der Waals surface area contributed by atoms with Crippen LogP contribution in [0.5, 0.6) is 11.5 Å². The van der Waals surface area contributed by atoms with Crippen molar-refractivity contribution >= 4 is 11.9 Å². The molecule has 0 radical (unpaired) electrons. The van der Waals surface area contributed by atoms with Gasteiger partial charge < -0.3 is 14.2 Å². The van der Waals surface area contributed by atoms with Gasteiger partial charge in [0.15, 0.2) is 0 Å². The van der Waals surface area contributed by atoms with Crippen LogP contribution in [-0.2, 0) is 14.3 Å². The number of benzene rings is 3. The molecule has 32 heavy (non-hydrogen) atoms. The van der Waals surface area contributed by atoms with Crippen LogP contribution in [0, 0.1) is 5.82 Å². The van der Waals surface area contributed by atoms with Gasteiger partial charge in [-0.05, 0) is 41.0 Å². The van der Waals surface area contributed by atoms with E-state index in [1.54, 1.807) is 24.3 Å². The van der Waals surface area contributed by atoms with Crippen molar-refractivity contribution in [2.45, 2.75) is 0 Å². The van der Waals surface area contributed by atoms with E-state index >= 15 is 0 Å². The second-order valence-electron chi connectivity index (χ2n) is 6.40. The maximum absolute atomic E-state index is 14.6. The van der Waals surface area contributed by atoms with Crippen molar-refractivity contribution in [3.63, 3.8) is 0 Å². The number of rotatable bonds is 8. The summed E-state index contributed by atoms with van der Waals surface area (Å²) in [7, 11) is 0. The maximum Gasteiger partial charge on any atom is 0.335 e. The van der Waals surface area contributed by atoms with Crippen LogP contribution >= 0.6 is 0 Å². The standard InChI is InChI=1S/C26H19FO5/c1-3-25(28)31-16-15-30-22-13-14-23(24(27)17-22)20-7-5-18(6-8-20)19-9-11-21(12-10-19)32-26(29)4-2/h3-17H,1-2H2/b16-15-. The van der Waals surface area contributed by atoms with Crippen LogP contribution in [0.1, 0.15) is 0 Å². The average Bonchev–Trinajstić information content (AvgIpc) is 2.82. The molecule has 3 aromatic rings. The van der Waals surface area contributed by atoms with E-state index < -0.39 is 17.8 Å². The quantitative estimate of drug-likeness (QED) is 0.195. The highest BCUT2D eigenvalue weighted by atomic mass is 19.1. The zero-order valence-electron chi connectivity index (χ0n) is 17.0. The Morgan fingerprint density at radius 2 is 1.28 bits per heavy atom. The molecule has 3 aromatic carbocycles. The monoisotopic (exact) mass is 430 g/mol. The molecular weight excluding hydrogens is 411 g/mol. The first-order chi connectivity index (χ1) is 15.5. The molecule has 0 aliphatic rings. The van der Waals surface area contributed by atoms with E-state index in [1.165, 1.54) is 6.07 Å². The number of esters is 2. The van der Waals surface area contributed by atoms with Crippen molar-refractivity contribution < 1.29 is 28.2 Å². The van der Waals surface area contributed by atoms with Crippen molar-refractivity contribution in [2.24, 2.45) is 0 Å². The molecule has 6 heteroatoms. The fraction of sp³-hybridized carbons (Fsp3) is 0. The Morgan fingerprint density at radius 3 is 1.88 bits per heavy atom. The van der Waals surface area contributed by atoms with Crippen molar-refractivity contribution in [1.29, 1.82) is 0 Å². The Labute approximate surface area is 184 Å². The van der Waals surface area contributed by atoms with Crippen LogP contribution in [0.4, 0.5) is 4.39 Å². The van der Waals surface area contributed by atoms with E-state index in [-0.39, 0.29) is 5.75 Å². The maximum atomic E-state index is 14.6. The van der Waals surface area contributed by atoms with Gasteiger partial charge in [-0.25, -0.2) is 14.0 Å². The predicted octanol–water partition coefficient (Wildman–Crippen LogP) is 5.83. The first-order valence-electron chi connectivity index (χ1n) is 9.49. The van der Waals surface area contributed by atoms with Gasteiger partial charge in [0.1, 0.15) is 29.8 Å². The summed E-state index contributed by atoms with van der Waals surface area (Å²) in [6.45, 7) is 6.63. The largest absolute Gasteiger partial charge is 0.462 e. The Hall–Kier alpha value is -4.45. The lowest BCUT2D eigenvalue weighted by atomic mass is 10.00. The van der Waals surface area contributed by atoms with Gasteiger partial charge in [-0.15, -0.1) is 0 Å². The fourth-order valence-electron chi connectivity index (χ4n) is 2.77. The lowest BCUT2D eigenvalue weighted by molar-refractivity contribution is -0.132. The molecule has 160 valence electrons. The number of halogens is 1. The van der Waals surface area contributed by atoms with Crippen LogP contribution in [0.2, 0.25) is 0 Å². The van der Waals surface area contributed by atoms with Crippen LogP contribution < -0.4 is 9.47 Å². The second kappa shape index (κ2) is 10.5. The number of ether oxygens (including phenoxy) is 3. The van der Waals surface area contributed by atoms with Gasteiger partial charge in [-0.3, -0.25) is 0 Å². The first-order valence-corrected chi connectivity index (χ1v) is 9.49. The smallest absolute Gasteiger partial charge is 0.335 e. The summed E-state index contributed by atoms with van der Waals surface area (Å²) in [4.78, 5) is 22.2. The molecular formula is C26H19FO5. The predicted molar refractivity (Wildman–Crippen MR) is 119 cm³/mol. The lowest BCUT2D eigenvalue weighted by Gasteiger charge is -2.08. The summed E-state index contributed by atoms with van der Waals surface area (Å²) in [6.07, 6.45) is 4.29. The molecule has 0 bridgehead atoms. The molecule has 0 aliphatic carbocycles. The number of hydrogen-bond acceptors (Lipinski definition) is 5. The first kappa shape index (κ1) is 22.2. The van der Waals surface area contributed by atoms with Crippen molar-refractivity contribution in [3.8, 4) is 33.8 Å². The highest BCUT2D eigenvalue weighted by Crippen LogP contribution is 2.29. The molecule has 0 amide bonds. The Balaban J connectivity index is 1.69. The minimum atomic E-state index is -0.623. The number of carbonyl (C=O) groups excluding carboxylic acids is 2. The molecule has 0 aliphatic heterocycles. The Kier molecular flexibility index (Phi) is 7.33. The third-order valence-corrected chi connectivity index (χ3v) is 4.32. The average molecular weight is 430 g/mol. The molecule has 5 nitrogen and oxygen atoms in total. The third kappa shape index (κ3) is 5.79. The van der Waals surface area contributed by atoms with Gasteiger partial charge in [0.2, 0.25) is 0 Å². The van der Waals surface area contributed by atoms with Crippen LogP contribution in [-0.4, -0.2) is 11.9 Å². The van der Waals surface area contributed by atoms with Gasteiger partial charge in [0.25, 0.3) is 0 Å². The van der Waals surface area contributed by atoms with Crippen LogP contribution in [0.25, 0.3) is 22.3 Å². The summed E-state index contributed by atoms with van der Waals surface area (Å²) in [5, 5.41) is 0.